The first-order valence-electron chi connectivity index (χ1n) is 9.52. The number of aromatic nitrogens is 5. The molecule has 144 valence electrons. The van der Waals surface area contributed by atoms with Gasteiger partial charge in [-0.1, -0.05) is 35.5 Å². The minimum Gasteiger partial charge on any atom is -0.361 e. The molecule has 0 bridgehead atoms. The molecule has 0 spiro atoms. The van der Waals surface area contributed by atoms with E-state index in [1.807, 2.05) is 37.7 Å². The van der Waals surface area contributed by atoms with Crippen LogP contribution in [0.1, 0.15) is 11.5 Å². The molecule has 0 unspecified atom stereocenters. The lowest BCUT2D eigenvalue weighted by Gasteiger charge is -2.09. The second kappa shape index (κ2) is 6.44. The van der Waals surface area contributed by atoms with Crippen molar-refractivity contribution in [2.75, 3.05) is 0 Å². The van der Waals surface area contributed by atoms with Crippen molar-refractivity contribution in [3.63, 3.8) is 0 Å². The normalized spacial score (nSPS) is 11.4. The van der Waals surface area contributed by atoms with E-state index in [1.165, 1.54) is 5.56 Å². The van der Waals surface area contributed by atoms with Gasteiger partial charge in [0.05, 0.1) is 33.9 Å². The molecule has 6 heteroatoms. The smallest absolute Gasteiger partial charge is 0.143 e. The molecule has 5 aromatic rings. The third kappa shape index (κ3) is 2.68. The molecule has 0 aliphatic heterocycles. The van der Waals surface area contributed by atoms with Crippen molar-refractivity contribution in [3.8, 4) is 33.9 Å². The third-order valence-corrected chi connectivity index (χ3v) is 5.46. The fraction of sp³-hybridized carbons (Fsp3) is 0.174. The molecular formula is C23H21N5O. The average Bonchev–Trinajstić information content (AvgIpc) is 3.40. The van der Waals surface area contributed by atoms with E-state index in [0.717, 1.165) is 50.7 Å². The minimum absolute atomic E-state index is 0.766. The van der Waals surface area contributed by atoms with Gasteiger partial charge in [-0.3, -0.25) is 4.68 Å². The summed E-state index contributed by atoms with van der Waals surface area (Å²) in [4.78, 5) is 5.04. The van der Waals surface area contributed by atoms with Gasteiger partial charge < -0.3 is 9.09 Å². The van der Waals surface area contributed by atoms with Gasteiger partial charge in [-0.2, -0.15) is 5.10 Å². The van der Waals surface area contributed by atoms with Gasteiger partial charge in [0.15, 0.2) is 0 Å². The number of nitrogens with zero attached hydrogens (tertiary/aromatic N) is 5. The van der Waals surface area contributed by atoms with E-state index in [1.54, 1.807) is 6.20 Å². The van der Waals surface area contributed by atoms with Crippen molar-refractivity contribution >= 4 is 10.9 Å². The monoisotopic (exact) mass is 383 g/mol. The van der Waals surface area contributed by atoms with Gasteiger partial charge in [0.25, 0.3) is 0 Å². The van der Waals surface area contributed by atoms with E-state index >= 15 is 0 Å². The first kappa shape index (κ1) is 17.4. The molecule has 0 aliphatic carbocycles. The van der Waals surface area contributed by atoms with Crippen LogP contribution in [0, 0.1) is 13.8 Å². The van der Waals surface area contributed by atoms with Crippen molar-refractivity contribution in [2.24, 2.45) is 14.1 Å². The van der Waals surface area contributed by atoms with Crippen LogP contribution < -0.4 is 0 Å². The molecule has 0 radical (unpaired) electrons. The standard InChI is InChI=1S/C23H21N5O/c1-14-22(15(2)29-26-14)18-13-21-17(23(25-18)19-10-11-24-28(19)4)12-20(27(21)3)16-8-6-5-7-9-16/h5-13H,1-4H3. The zero-order valence-corrected chi connectivity index (χ0v) is 16.8. The summed E-state index contributed by atoms with van der Waals surface area (Å²) in [5, 5.41) is 9.56. The Bertz CT molecular complexity index is 1320. The summed E-state index contributed by atoms with van der Waals surface area (Å²) in [6.45, 7) is 3.87. The molecule has 0 fully saturated rings. The molecule has 0 aliphatic rings. The number of fused-ring (bicyclic) bond motifs is 1. The fourth-order valence-electron chi connectivity index (χ4n) is 3.99. The molecular weight excluding hydrogens is 362 g/mol. The quantitative estimate of drug-likeness (QED) is 0.444. The Kier molecular flexibility index (Phi) is 3.87. The van der Waals surface area contributed by atoms with E-state index < -0.39 is 0 Å². The first-order chi connectivity index (χ1) is 14.0. The summed E-state index contributed by atoms with van der Waals surface area (Å²) in [5.41, 5.74) is 7.91. The predicted octanol–water partition coefficient (Wildman–Crippen LogP) is 4.91. The second-order valence-corrected chi connectivity index (χ2v) is 7.28. The molecule has 0 atom stereocenters. The number of aryl methyl sites for hydroxylation is 4. The Morgan fingerprint density at radius 1 is 0.931 bits per heavy atom. The Hall–Kier alpha value is -3.67. The van der Waals surface area contributed by atoms with Crippen molar-refractivity contribution in [1.29, 1.82) is 0 Å². The molecule has 29 heavy (non-hydrogen) atoms. The highest BCUT2D eigenvalue weighted by Crippen LogP contribution is 2.37. The summed E-state index contributed by atoms with van der Waals surface area (Å²) in [7, 11) is 4.03. The molecule has 4 aromatic heterocycles. The Morgan fingerprint density at radius 2 is 1.72 bits per heavy atom. The molecule has 0 N–H and O–H groups in total. The van der Waals surface area contributed by atoms with Crippen molar-refractivity contribution in [2.45, 2.75) is 13.8 Å². The van der Waals surface area contributed by atoms with Crippen molar-refractivity contribution in [3.05, 3.63) is 66.2 Å². The summed E-state index contributed by atoms with van der Waals surface area (Å²) in [5.74, 6) is 0.766. The van der Waals surface area contributed by atoms with Crippen LogP contribution in [0.3, 0.4) is 0 Å². The van der Waals surface area contributed by atoms with Crippen LogP contribution in [-0.2, 0) is 14.1 Å². The lowest BCUT2D eigenvalue weighted by atomic mass is 10.1. The van der Waals surface area contributed by atoms with E-state index in [4.69, 9.17) is 9.51 Å². The average molecular weight is 383 g/mol. The highest BCUT2D eigenvalue weighted by Gasteiger charge is 2.20. The van der Waals surface area contributed by atoms with Crippen LogP contribution in [-0.4, -0.2) is 24.5 Å². The Balaban J connectivity index is 1.86. The minimum atomic E-state index is 0.766. The zero-order valence-electron chi connectivity index (χ0n) is 16.8. The predicted molar refractivity (Wildman–Crippen MR) is 113 cm³/mol. The summed E-state index contributed by atoms with van der Waals surface area (Å²) < 4.78 is 9.48. The molecule has 5 rings (SSSR count). The molecule has 6 nitrogen and oxygen atoms in total. The Labute approximate surface area is 168 Å². The number of hydrogen-bond acceptors (Lipinski definition) is 4. The van der Waals surface area contributed by atoms with E-state index in [0.29, 0.717) is 0 Å². The van der Waals surface area contributed by atoms with Crippen LogP contribution in [0.25, 0.3) is 44.8 Å². The number of benzene rings is 1. The van der Waals surface area contributed by atoms with Gasteiger partial charge in [-0.25, -0.2) is 4.98 Å². The fourth-order valence-corrected chi connectivity index (χ4v) is 3.99. The molecule has 0 amide bonds. The van der Waals surface area contributed by atoms with Crippen LogP contribution in [0.2, 0.25) is 0 Å². The van der Waals surface area contributed by atoms with E-state index in [9.17, 15) is 0 Å². The van der Waals surface area contributed by atoms with Crippen LogP contribution in [0.15, 0.2) is 59.3 Å². The maximum absolute atomic E-state index is 5.41. The number of rotatable bonds is 3. The van der Waals surface area contributed by atoms with Crippen molar-refractivity contribution < 1.29 is 4.52 Å². The Morgan fingerprint density at radius 3 is 2.38 bits per heavy atom. The van der Waals surface area contributed by atoms with Crippen LogP contribution >= 0.6 is 0 Å². The molecule has 0 saturated carbocycles. The summed E-state index contributed by atoms with van der Waals surface area (Å²) in [6, 6.07) is 16.7. The van der Waals surface area contributed by atoms with Gasteiger partial charge in [0.1, 0.15) is 5.76 Å². The maximum Gasteiger partial charge on any atom is 0.143 e. The summed E-state index contributed by atoms with van der Waals surface area (Å²) in [6.07, 6.45) is 1.80. The SMILES string of the molecule is Cc1noc(C)c1-c1cc2c(cc(-c3ccccc3)n2C)c(-c2ccnn2C)n1. The van der Waals surface area contributed by atoms with Crippen LogP contribution in [0.4, 0.5) is 0 Å². The van der Waals surface area contributed by atoms with Gasteiger partial charge >= 0.3 is 0 Å². The second-order valence-electron chi connectivity index (χ2n) is 7.28. The van der Waals surface area contributed by atoms with Gasteiger partial charge in [-0.15, -0.1) is 0 Å². The largest absolute Gasteiger partial charge is 0.361 e. The van der Waals surface area contributed by atoms with Gasteiger partial charge in [0, 0.05) is 31.4 Å². The number of pyridine rings is 1. The van der Waals surface area contributed by atoms with Crippen LogP contribution in [0.5, 0.6) is 0 Å². The van der Waals surface area contributed by atoms with Gasteiger partial charge in [0.2, 0.25) is 0 Å². The van der Waals surface area contributed by atoms with Crippen molar-refractivity contribution in [1.82, 2.24) is 24.5 Å². The highest BCUT2D eigenvalue weighted by atomic mass is 16.5. The lowest BCUT2D eigenvalue weighted by molar-refractivity contribution is 0.393. The van der Waals surface area contributed by atoms with E-state index in [2.05, 4.69) is 58.3 Å². The third-order valence-electron chi connectivity index (χ3n) is 5.46. The van der Waals surface area contributed by atoms with Gasteiger partial charge in [-0.05, 0) is 37.6 Å². The molecule has 4 heterocycles. The van der Waals surface area contributed by atoms with E-state index in [-0.39, 0.29) is 0 Å². The maximum atomic E-state index is 5.41. The molecule has 0 saturated heterocycles. The first-order valence-corrected chi connectivity index (χ1v) is 9.52. The number of hydrogen-bond donors (Lipinski definition) is 0. The lowest BCUT2D eigenvalue weighted by Crippen LogP contribution is -1.99. The zero-order chi connectivity index (χ0) is 20.1. The highest BCUT2D eigenvalue weighted by molar-refractivity contribution is 5.98. The topological polar surface area (TPSA) is 61.7 Å². The molecule has 1 aromatic carbocycles. The summed E-state index contributed by atoms with van der Waals surface area (Å²) >= 11 is 0.